The van der Waals surface area contributed by atoms with Gasteiger partial charge in [-0.25, -0.2) is 9.18 Å². The third-order valence-electron chi connectivity index (χ3n) is 1.85. The number of rotatable bonds is 3. The Bertz CT molecular complexity index is 421. The summed E-state index contributed by atoms with van der Waals surface area (Å²) >= 11 is 0. The molecule has 0 spiro atoms. The molecule has 3 N–H and O–H groups in total. The molecule has 0 aliphatic rings. The van der Waals surface area contributed by atoms with Crippen LogP contribution < -0.4 is 11.1 Å². The Hall–Kier alpha value is -2.11. The average Bonchev–Trinajstić information content (AvgIpc) is 2.28. The maximum Gasteiger partial charge on any atom is 0.340 e. The van der Waals surface area contributed by atoms with Crippen molar-refractivity contribution < 1.29 is 18.7 Å². The maximum absolute atomic E-state index is 12.8. The lowest BCUT2D eigenvalue weighted by atomic mass is 10.2. The highest BCUT2D eigenvalue weighted by Gasteiger charge is 2.13. The van der Waals surface area contributed by atoms with Crippen molar-refractivity contribution in [3.63, 3.8) is 0 Å². The summed E-state index contributed by atoms with van der Waals surface area (Å²) in [5.74, 6) is -1.88. The molecule has 1 aromatic carbocycles. The molecule has 5 nitrogen and oxygen atoms in total. The van der Waals surface area contributed by atoms with Gasteiger partial charge in [0.05, 0.1) is 5.56 Å². The fraction of sp³-hybridized carbons (Fsp3) is 0.200. The number of ether oxygens (including phenoxy) is 1. The molecule has 0 bridgehead atoms. The van der Waals surface area contributed by atoms with Gasteiger partial charge in [-0.05, 0) is 18.2 Å². The monoisotopic (exact) mass is 226 g/mol. The van der Waals surface area contributed by atoms with E-state index in [1.165, 1.54) is 13.1 Å². The number of nitrogens with two attached hydrogens (primary N) is 1. The van der Waals surface area contributed by atoms with Gasteiger partial charge in [0.15, 0.2) is 6.61 Å². The fourth-order valence-corrected chi connectivity index (χ4v) is 0.986. The normalized spacial score (nSPS) is 9.62. The molecule has 0 aromatic heterocycles. The van der Waals surface area contributed by atoms with Crippen LogP contribution in [0, 0.1) is 5.82 Å². The molecule has 0 saturated carbocycles. The molecule has 86 valence electrons. The van der Waals surface area contributed by atoms with Crippen LogP contribution in [0.5, 0.6) is 0 Å². The Morgan fingerprint density at radius 3 is 2.81 bits per heavy atom. The highest BCUT2D eigenvalue weighted by Crippen LogP contribution is 2.14. The number of hydrogen-bond acceptors (Lipinski definition) is 4. The first-order valence-electron chi connectivity index (χ1n) is 4.47. The largest absolute Gasteiger partial charge is 0.452 e. The van der Waals surface area contributed by atoms with E-state index in [1.54, 1.807) is 0 Å². The molecule has 6 heteroatoms. The van der Waals surface area contributed by atoms with Gasteiger partial charge in [-0.1, -0.05) is 0 Å². The third kappa shape index (κ3) is 2.94. The second kappa shape index (κ2) is 5.11. The summed E-state index contributed by atoms with van der Waals surface area (Å²) in [5.41, 5.74) is 5.47. The Balaban J connectivity index is 2.73. The molecule has 1 amide bonds. The number of likely N-dealkylation sites (N-methyl/N-ethyl adjacent to an activating group) is 1. The molecule has 16 heavy (non-hydrogen) atoms. The van der Waals surface area contributed by atoms with E-state index >= 15 is 0 Å². The first-order chi connectivity index (χ1) is 7.54. The second-order valence-corrected chi connectivity index (χ2v) is 2.98. The summed E-state index contributed by atoms with van der Waals surface area (Å²) in [4.78, 5) is 22.2. The number of nitrogen functional groups attached to an aromatic ring is 1. The molecule has 0 aliphatic carbocycles. The summed E-state index contributed by atoms with van der Waals surface area (Å²) in [6.45, 7) is -0.425. The number of nitrogens with one attached hydrogen (secondary N) is 1. The van der Waals surface area contributed by atoms with E-state index in [2.05, 4.69) is 10.1 Å². The standard InChI is InChI=1S/C10H11FN2O3/c1-13-9(14)5-16-10(15)7-4-6(11)2-3-8(7)12/h2-4H,5,12H2,1H3,(H,13,14). The van der Waals surface area contributed by atoms with Crippen molar-refractivity contribution in [1.82, 2.24) is 5.32 Å². The lowest BCUT2D eigenvalue weighted by Crippen LogP contribution is -2.25. The lowest BCUT2D eigenvalue weighted by molar-refractivity contribution is -0.123. The van der Waals surface area contributed by atoms with Crippen LogP contribution in [0.3, 0.4) is 0 Å². The molecular weight excluding hydrogens is 215 g/mol. The maximum atomic E-state index is 12.8. The first kappa shape index (κ1) is 12.0. The predicted octanol–water partition coefficient (Wildman–Crippen LogP) is 0.311. The molecule has 1 rings (SSSR count). The van der Waals surface area contributed by atoms with Gasteiger partial charge in [-0.3, -0.25) is 4.79 Å². The number of hydrogen-bond donors (Lipinski definition) is 2. The van der Waals surface area contributed by atoms with Gasteiger partial charge in [0.1, 0.15) is 5.82 Å². The Morgan fingerprint density at radius 2 is 2.19 bits per heavy atom. The topological polar surface area (TPSA) is 81.4 Å². The van der Waals surface area contributed by atoms with E-state index < -0.39 is 24.3 Å². The van der Waals surface area contributed by atoms with Crippen LogP contribution in [0.15, 0.2) is 18.2 Å². The molecule has 0 saturated heterocycles. The van der Waals surface area contributed by atoms with Crippen molar-refractivity contribution in [2.45, 2.75) is 0 Å². The number of halogens is 1. The van der Waals surface area contributed by atoms with Crippen molar-refractivity contribution in [1.29, 1.82) is 0 Å². The van der Waals surface area contributed by atoms with Gasteiger partial charge >= 0.3 is 5.97 Å². The fourth-order valence-electron chi connectivity index (χ4n) is 0.986. The number of anilines is 1. The van der Waals surface area contributed by atoms with Crippen molar-refractivity contribution >= 4 is 17.6 Å². The molecule has 0 aliphatic heterocycles. The molecule has 0 fully saturated rings. The third-order valence-corrected chi connectivity index (χ3v) is 1.85. The second-order valence-electron chi connectivity index (χ2n) is 2.98. The van der Waals surface area contributed by atoms with Crippen LogP contribution >= 0.6 is 0 Å². The smallest absolute Gasteiger partial charge is 0.340 e. The van der Waals surface area contributed by atoms with Crippen LogP contribution in [0.1, 0.15) is 10.4 Å². The zero-order chi connectivity index (χ0) is 12.1. The van der Waals surface area contributed by atoms with Crippen molar-refractivity contribution in [3.8, 4) is 0 Å². The Morgan fingerprint density at radius 1 is 1.50 bits per heavy atom. The minimum absolute atomic E-state index is 0.0936. The number of carbonyl (C=O) groups is 2. The van der Waals surface area contributed by atoms with E-state index in [-0.39, 0.29) is 11.3 Å². The molecule has 0 radical (unpaired) electrons. The summed E-state index contributed by atoms with van der Waals surface area (Å²) in [5, 5.41) is 2.28. The number of benzene rings is 1. The van der Waals surface area contributed by atoms with Gasteiger partial charge in [-0.15, -0.1) is 0 Å². The van der Waals surface area contributed by atoms with E-state index in [1.807, 2.05) is 0 Å². The molecule has 1 aromatic rings. The SMILES string of the molecule is CNC(=O)COC(=O)c1cc(F)ccc1N. The number of carbonyl (C=O) groups excluding carboxylic acids is 2. The number of esters is 1. The van der Waals surface area contributed by atoms with Crippen LogP contribution in [0.2, 0.25) is 0 Å². The first-order valence-corrected chi connectivity index (χ1v) is 4.47. The Labute approximate surface area is 91.4 Å². The van der Waals surface area contributed by atoms with Crippen LogP contribution in [0.4, 0.5) is 10.1 Å². The van der Waals surface area contributed by atoms with Crippen LogP contribution in [-0.2, 0) is 9.53 Å². The van der Waals surface area contributed by atoms with E-state index in [4.69, 9.17) is 5.73 Å². The number of amides is 1. The van der Waals surface area contributed by atoms with Crippen molar-refractivity contribution in [2.75, 3.05) is 19.4 Å². The van der Waals surface area contributed by atoms with E-state index in [0.717, 1.165) is 12.1 Å². The predicted molar refractivity (Wildman–Crippen MR) is 55.2 cm³/mol. The molecule has 0 unspecified atom stereocenters. The van der Waals surface area contributed by atoms with E-state index in [9.17, 15) is 14.0 Å². The summed E-state index contributed by atoms with van der Waals surface area (Å²) in [6, 6.07) is 3.35. The summed E-state index contributed by atoms with van der Waals surface area (Å²) in [7, 11) is 1.41. The lowest BCUT2D eigenvalue weighted by Gasteiger charge is -2.06. The highest BCUT2D eigenvalue weighted by atomic mass is 19.1. The van der Waals surface area contributed by atoms with Crippen molar-refractivity contribution in [2.24, 2.45) is 0 Å². The van der Waals surface area contributed by atoms with Gasteiger partial charge in [0.2, 0.25) is 0 Å². The molecule has 0 heterocycles. The molecular formula is C10H11FN2O3. The summed E-state index contributed by atoms with van der Waals surface area (Å²) in [6.07, 6.45) is 0. The quantitative estimate of drug-likeness (QED) is 0.574. The van der Waals surface area contributed by atoms with Gasteiger partial charge in [0.25, 0.3) is 5.91 Å². The van der Waals surface area contributed by atoms with Crippen LogP contribution in [-0.4, -0.2) is 25.5 Å². The average molecular weight is 226 g/mol. The zero-order valence-corrected chi connectivity index (χ0v) is 8.62. The van der Waals surface area contributed by atoms with Crippen LogP contribution in [0.25, 0.3) is 0 Å². The van der Waals surface area contributed by atoms with Gasteiger partial charge in [-0.2, -0.15) is 0 Å². The minimum Gasteiger partial charge on any atom is -0.452 e. The van der Waals surface area contributed by atoms with Gasteiger partial charge in [0, 0.05) is 12.7 Å². The summed E-state index contributed by atoms with van der Waals surface area (Å²) < 4.78 is 17.4. The minimum atomic E-state index is -0.833. The Kier molecular flexibility index (Phi) is 3.82. The van der Waals surface area contributed by atoms with E-state index in [0.29, 0.717) is 0 Å². The molecule has 0 atom stereocenters. The zero-order valence-electron chi connectivity index (χ0n) is 8.62. The van der Waals surface area contributed by atoms with Crippen molar-refractivity contribution in [3.05, 3.63) is 29.6 Å². The highest BCUT2D eigenvalue weighted by molar-refractivity contribution is 5.96. The van der Waals surface area contributed by atoms with Gasteiger partial charge < -0.3 is 15.8 Å².